The molecule has 12 nitrogen and oxygen atoms in total. The molecule has 3 amide bonds. The molecule has 0 saturated carbocycles. The van der Waals surface area contributed by atoms with Crippen LogP contribution >= 0.6 is 11.8 Å². The van der Waals surface area contributed by atoms with Crippen LogP contribution in [0.4, 0.5) is 0 Å². The Kier molecular flexibility index (Phi) is 14.8. The Morgan fingerprint density at radius 1 is 1.03 bits per heavy atom. The van der Waals surface area contributed by atoms with E-state index in [1.165, 1.54) is 12.5 Å². The molecule has 0 aliphatic rings. The van der Waals surface area contributed by atoms with E-state index in [4.69, 9.17) is 11.5 Å². The van der Waals surface area contributed by atoms with Crippen molar-refractivity contribution in [3.05, 3.63) is 18.2 Å². The van der Waals surface area contributed by atoms with Crippen molar-refractivity contribution in [1.29, 1.82) is 0 Å². The summed E-state index contributed by atoms with van der Waals surface area (Å²) in [4.78, 5) is 57.4. The first kappa shape index (κ1) is 31.4. The molecule has 0 fully saturated rings. The number of carbonyl (C=O) groups excluding carboxylic acids is 3. The lowest BCUT2D eigenvalue weighted by atomic mass is 10.0. The molecule has 1 aromatic rings. The zero-order valence-electron chi connectivity index (χ0n) is 21.3. The predicted octanol–water partition coefficient (Wildman–Crippen LogP) is -0.253. The molecule has 0 bridgehead atoms. The summed E-state index contributed by atoms with van der Waals surface area (Å²) in [5, 5.41) is 17.4. The van der Waals surface area contributed by atoms with E-state index in [-0.39, 0.29) is 18.8 Å². The maximum Gasteiger partial charge on any atom is 0.326 e. The molecular weight excluding hydrogens is 486 g/mol. The minimum Gasteiger partial charge on any atom is -0.480 e. The highest BCUT2D eigenvalue weighted by molar-refractivity contribution is 7.98. The van der Waals surface area contributed by atoms with Crippen molar-refractivity contribution in [2.24, 2.45) is 17.4 Å². The average Bonchev–Trinajstić information content (AvgIpc) is 3.33. The van der Waals surface area contributed by atoms with Gasteiger partial charge in [-0.2, -0.15) is 11.8 Å². The van der Waals surface area contributed by atoms with Crippen LogP contribution in [0.1, 0.15) is 51.6 Å². The Labute approximate surface area is 216 Å². The van der Waals surface area contributed by atoms with Gasteiger partial charge in [-0.1, -0.05) is 13.8 Å². The van der Waals surface area contributed by atoms with Gasteiger partial charge in [-0.15, -0.1) is 0 Å². The van der Waals surface area contributed by atoms with Crippen LogP contribution in [0.25, 0.3) is 0 Å². The molecule has 1 heterocycles. The molecule has 0 aliphatic carbocycles. The third-order valence-corrected chi connectivity index (χ3v) is 6.13. The van der Waals surface area contributed by atoms with Crippen LogP contribution in [0.5, 0.6) is 0 Å². The normalized spacial score (nSPS) is 14.5. The van der Waals surface area contributed by atoms with Crippen molar-refractivity contribution in [2.45, 2.75) is 76.5 Å². The van der Waals surface area contributed by atoms with E-state index in [1.807, 2.05) is 20.1 Å². The van der Waals surface area contributed by atoms with Crippen molar-refractivity contribution in [2.75, 3.05) is 18.6 Å². The van der Waals surface area contributed by atoms with Gasteiger partial charge in [-0.25, -0.2) is 9.78 Å². The highest BCUT2D eigenvalue weighted by atomic mass is 32.2. The Hall–Kier alpha value is -2.64. The van der Waals surface area contributed by atoms with E-state index >= 15 is 0 Å². The lowest BCUT2D eigenvalue weighted by Crippen LogP contribution is -2.57. The largest absolute Gasteiger partial charge is 0.480 e. The van der Waals surface area contributed by atoms with Gasteiger partial charge in [0.05, 0.1) is 12.4 Å². The zero-order valence-corrected chi connectivity index (χ0v) is 22.1. The van der Waals surface area contributed by atoms with Gasteiger partial charge >= 0.3 is 5.97 Å². The molecule has 4 atom stereocenters. The number of imidazole rings is 1. The van der Waals surface area contributed by atoms with Gasteiger partial charge in [-0.05, 0) is 56.6 Å². The lowest BCUT2D eigenvalue weighted by Gasteiger charge is -2.25. The van der Waals surface area contributed by atoms with Crippen molar-refractivity contribution in [1.82, 2.24) is 25.9 Å². The number of rotatable bonds is 18. The van der Waals surface area contributed by atoms with Crippen molar-refractivity contribution < 1.29 is 24.3 Å². The maximum absolute atomic E-state index is 13.2. The second kappa shape index (κ2) is 16.9. The number of aliphatic carboxylic acids is 1. The molecule has 0 aromatic carbocycles. The van der Waals surface area contributed by atoms with Gasteiger partial charge in [-0.3, -0.25) is 14.4 Å². The number of carboxylic acids is 1. The van der Waals surface area contributed by atoms with E-state index in [2.05, 4.69) is 25.9 Å². The quantitative estimate of drug-likeness (QED) is 0.125. The molecule has 1 aromatic heterocycles. The second-order valence-corrected chi connectivity index (χ2v) is 10.1. The molecule has 0 aliphatic heterocycles. The number of carboxylic acid groups (broad SMARTS) is 1. The zero-order chi connectivity index (χ0) is 27.1. The maximum atomic E-state index is 13.2. The fourth-order valence-corrected chi connectivity index (χ4v) is 3.97. The number of unbranched alkanes of at least 4 members (excludes halogenated alkanes) is 1. The molecule has 36 heavy (non-hydrogen) atoms. The SMILES string of the molecule is CSCCC(N)C(=O)NC(CCCCN)C(=O)NC(Cc1cnc[nH]1)C(=O)NC(CC(C)C)C(=O)O. The molecular formula is C23H41N7O5S. The topological polar surface area (TPSA) is 205 Å². The van der Waals surface area contributed by atoms with Crippen LogP contribution in [0.2, 0.25) is 0 Å². The Morgan fingerprint density at radius 2 is 1.67 bits per heavy atom. The molecule has 9 N–H and O–H groups in total. The molecule has 4 unspecified atom stereocenters. The van der Waals surface area contributed by atoms with Crippen LogP contribution < -0.4 is 27.4 Å². The summed E-state index contributed by atoms with van der Waals surface area (Å²) in [6.45, 7) is 4.14. The number of aromatic amines is 1. The van der Waals surface area contributed by atoms with Crippen LogP contribution in [0.3, 0.4) is 0 Å². The van der Waals surface area contributed by atoms with E-state index < -0.39 is 47.9 Å². The van der Waals surface area contributed by atoms with E-state index in [0.29, 0.717) is 43.7 Å². The minimum absolute atomic E-state index is 0.0319. The monoisotopic (exact) mass is 527 g/mol. The summed E-state index contributed by atoms with van der Waals surface area (Å²) in [6, 6.07) is -3.88. The Bertz CT molecular complexity index is 822. The summed E-state index contributed by atoms with van der Waals surface area (Å²) in [5.74, 6) is -2.08. The number of carbonyl (C=O) groups is 4. The highest BCUT2D eigenvalue weighted by Gasteiger charge is 2.30. The van der Waals surface area contributed by atoms with Crippen LogP contribution in [-0.2, 0) is 25.6 Å². The van der Waals surface area contributed by atoms with Gasteiger partial charge in [0.1, 0.15) is 18.1 Å². The van der Waals surface area contributed by atoms with Gasteiger partial charge in [0.15, 0.2) is 0 Å². The minimum atomic E-state index is -1.16. The number of thioether (sulfide) groups is 1. The number of hydrogen-bond donors (Lipinski definition) is 7. The molecule has 0 spiro atoms. The van der Waals surface area contributed by atoms with Crippen molar-refractivity contribution in [3.8, 4) is 0 Å². The molecule has 204 valence electrons. The first-order chi connectivity index (χ1) is 17.1. The van der Waals surface area contributed by atoms with Gasteiger partial charge in [0.25, 0.3) is 0 Å². The number of amides is 3. The fourth-order valence-electron chi connectivity index (χ4n) is 3.48. The third-order valence-electron chi connectivity index (χ3n) is 5.48. The van der Waals surface area contributed by atoms with Gasteiger partial charge in [0.2, 0.25) is 17.7 Å². The molecule has 0 radical (unpaired) electrons. The lowest BCUT2D eigenvalue weighted by molar-refractivity contribution is -0.142. The van der Waals surface area contributed by atoms with Crippen LogP contribution in [-0.4, -0.2) is 81.5 Å². The predicted molar refractivity (Wildman–Crippen MR) is 139 cm³/mol. The van der Waals surface area contributed by atoms with E-state index in [1.54, 1.807) is 11.8 Å². The Morgan fingerprint density at radius 3 is 2.22 bits per heavy atom. The molecule has 13 heteroatoms. The Balaban J connectivity index is 3.03. The number of nitrogens with one attached hydrogen (secondary N) is 4. The summed E-state index contributed by atoms with van der Waals surface area (Å²) >= 11 is 1.57. The fraction of sp³-hybridized carbons (Fsp3) is 0.696. The number of hydrogen-bond acceptors (Lipinski definition) is 8. The van der Waals surface area contributed by atoms with Gasteiger partial charge in [0, 0.05) is 18.3 Å². The summed E-state index contributed by atoms with van der Waals surface area (Å²) in [6.07, 6.45) is 7.17. The summed E-state index contributed by atoms with van der Waals surface area (Å²) < 4.78 is 0. The third kappa shape index (κ3) is 11.9. The standard InChI is InChI=1S/C23H41N7O5S/c1-14(2)10-19(23(34)35)30-22(33)18(11-15-12-26-13-27-15)29-21(32)17(6-4-5-8-24)28-20(31)16(25)7-9-36-3/h12-14,16-19H,4-11,24-25H2,1-3H3,(H,26,27)(H,28,31)(H,29,32)(H,30,33)(H,34,35). The van der Waals surface area contributed by atoms with E-state index in [0.717, 1.165) is 0 Å². The highest BCUT2D eigenvalue weighted by Crippen LogP contribution is 2.08. The molecule has 1 rings (SSSR count). The number of nitrogens with zero attached hydrogens (tertiary/aromatic N) is 1. The number of H-pyrrole nitrogens is 1. The number of nitrogens with two attached hydrogens (primary N) is 2. The first-order valence-electron chi connectivity index (χ1n) is 12.1. The summed E-state index contributed by atoms with van der Waals surface area (Å²) in [7, 11) is 0. The molecule has 0 saturated heterocycles. The number of aromatic nitrogens is 2. The van der Waals surface area contributed by atoms with Gasteiger partial charge < -0.3 is 37.5 Å². The second-order valence-electron chi connectivity index (χ2n) is 9.10. The van der Waals surface area contributed by atoms with Crippen LogP contribution in [0.15, 0.2) is 12.5 Å². The average molecular weight is 528 g/mol. The first-order valence-corrected chi connectivity index (χ1v) is 13.5. The van der Waals surface area contributed by atoms with Crippen LogP contribution in [0, 0.1) is 5.92 Å². The van der Waals surface area contributed by atoms with Crippen molar-refractivity contribution in [3.63, 3.8) is 0 Å². The van der Waals surface area contributed by atoms with Crippen molar-refractivity contribution >= 4 is 35.5 Å². The van der Waals surface area contributed by atoms with E-state index in [9.17, 15) is 24.3 Å². The smallest absolute Gasteiger partial charge is 0.326 e. The summed E-state index contributed by atoms with van der Waals surface area (Å²) in [5.41, 5.74) is 12.1.